The van der Waals surface area contributed by atoms with Gasteiger partial charge in [-0.1, -0.05) is 47.1 Å². The Kier molecular flexibility index (Phi) is 6.08. The van der Waals surface area contributed by atoms with Gasteiger partial charge in [0.2, 0.25) is 0 Å². The Morgan fingerprint density at radius 2 is 1.71 bits per heavy atom. The van der Waals surface area contributed by atoms with Gasteiger partial charge in [0.05, 0.1) is 6.61 Å². The van der Waals surface area contributed by atoms with Crippen molar-refractivity contribution in [2.45, 2.75) is 19.4 Å². The second-order valence-electron chi connectivity index (χ2n) is 4.69. The van der Waals surface area contributed by atoms with Gasteiger partial charge in [-0.3, -0.25) is 0 Å². The minimum Gasteiger partial charge on any atom is -0.490 e. The van der Waals surface area contributed by atoms with Crippen molar-refractivity contribution in [2.24, 2.45) is 5.73 Å². The van der Waals surface area contributed by atoms with Crippen LogP contribution in [0.1, 0.15) is 25.0 Å². The van der Waals surface area contributed by atoms with Crippen molar-refractivity contribution in [3.05, 3.63) is 58.6 Å². The molecule has 0 aromatic heterocycles. The predicted octanol–water partition coefficient (Wildman–Crippen LogP) is 4.32. The maximum atomic E-state index is 6.05. The zero-order chi connectivity index (χ0) is 15.1. The Bertz CT molecular complexity index is 557. The molecule has 4 heteroatoms. The van der Waals surface area contributed by atoms with Crippen molar-refractivity contribution < 1.29 is 9.47 Å². The summed E-state index contributed by atoms with van der Waals surface area (Å²) in [7, 11) is 0. The number of hydrogen-bond donors (Lipinski definition) is 1. The first-order chi connectivity index (χ1) is 10.2. The lowest BCUT2D eigenvalue weighted by Gasteiger charge is -2.20. The summed E-state index contributed by atoms with van der Waals surface area (Å²) in [5, 5.41) is 0. The Labute approximate surface area is 134 Å². The molecule has 0 amide bonds. The normalized spacial score (nSPS) is 12.0. The lowest BCUT2D eigenvalue weighted by molar-refractivity contribution is 0.198. The topological polar surface area (TPSA) is 44.5 Å². The van der Waals surface area contributed by atoms with Gasteiger partial charge >= 0.3 is 0 Å². The molecule has 0 heterocycles. The molecule has 0 spiro atoms. The summed E-state index contributed by atoms with van der Waals surface area (Å²) < 4.78 is 12.8. The number of ether oxygens (including phenoxy) is 2. The monoisotopic (exact) mass is 349 g/mol. The van der Waals surface area contributed by atoms with Gasteiger partial charge in [0.25, 0.3) is 0 Å². The first-order valence-corrected chi connectivity index (χ1v) is 7.88. The van der Waals surface area contributed by atoms with E-state index in [1.54, 1.807) is 0 Å². The average molecular weight is 350 g/mol. The first-order valence-electron chi connectivity index (χ1n) is 7.08. The fraction of sp³-hybridized carbons (Fsp3) is 0.294. The average Bonchev–Trinajstić information content (AvgIpc) is 2.52. The van der Waals surface area contributed by atoms with E-state index in [0.29, 0.717) is 13.2 Å². The molecule has 0 aliphatic heterocycles. The van der Waals surface area contributed by atoms with Crippen molar-refractivity contribution in [3.8, 4) is 11.5 Å². The summed E-state index contributed by atoms with van der Waals surface area (Å²) in [6, 6.07) is 15.7. The zero-order valence-corrected chi connectivity index (χ0v) is 13.7. The molecule has 0 aliphatic carbocycles. The third kappa shape index (κ3) is 4.48. The van der Waals surface area contributed by atoms with Crippen LogP contribution in [-0.2, 0) is 0 Å². The summed E-state index contributed by atoms with van der Waals surface area (Å²) in [6.45, 7) is 3.16. The Morgan fingerprint density at radius 1 is 1.05 bits per heavy atom. The molecule has 1 atom stereocenters. The van der Waals surface area contributed by atoms with Gasteiger partial charge in [0.15, 0.2) is 11.5 Å². The molecular weight excluding hydrogens is 330 g/mol. The number of para-hydroxylation sites is 2. The summed E-state index contributed by atoms with van der Waals surface area (Å²) in [4.78, 5) is 0. The highest BCUT2D eigenvalue weighted by molar-refractivity contribution is 9.10. The van der Waals surface area contributed by atoms with E-state index < -0.39 is 0 Å². The van der Waals surface area contributed by atoms with Gasteiger partial charge in [-0.15, -0.1) is 0 Å². The highest BCUT2D eigenvalue weighted by Crippen LogP contribution is 2.31. The van der Waals surface area contributed by atoms with Crippen LogP contribution in [0.4, 0.5) is 0 Å². The van der Waals surface area contributed by atoms with Gasteiger partial charge in [-0.25, -0.2) is 0 Å². The molecule has 2 rings (SSSR count). The Balaban J connectivity index is 2.16. The summed E-state index contributed by atoms with van der Waals surface area (Å²) in [6.07, 6.45) is 0.769. The van der Waals surface area contributed by atoms with Gasteiger partial charge in [0.1, 0.15) is 6.10 Å². The third-order valence-corrected chi connectivity index (χ3v) is 3.56. The van der Waals surface area contributed by atoms with E-state index >= 15 is 0 Å². The van der Waals surface area contributed by atoms with Gasteiger partial charge in [-0.05, 0) is 36.2 Å². The van der Waals surface area contributed by atoms with Crippen LogP contribution in [0.5, 0.6) is 11.5 Å². The van der Waals surface area contributed by atoms with E-state index in [0.717, 1.165) is 28.0 Å². The Hall–Kier alpha value is -1.52. The molecule has 2 N–H and O–H groups in total. The molecular formula is C17H20BrNO2. The van der Waals surface area contributed by atoms with Gasteiger partial charge in [-0.2, -0.15) is 0 Å². The first kappa shape index (κ1) is 15.9. The highest BCUT2D eigenvalue weighted by atomic mass is 79.9. The van der Waals surface area contributed by atoms with Crippen LogP contribution in [0.2, 0.25) is 0 Å². The second kappa shape index (κ2) is 8.05. The van der Waals surface area contributed by atoms with Crippen molar-refractivity contribution in [2.75, 3.05) is 13.2 Å². The van der Waals surface area contributed by atoms with Crippen LogP contribution >= 0.6 is 15.9 Å². The smallest absolute Gasteiger partial charge is 0.162 e. The number of nitrogens with two attached hydrogens (primary N) is 1. The van der Waals surface area contributed by atoms with Crippen molar-refractivity contribution in [1.29, 1.82) is 0 Å². The summed E-state index contributed by atoms with van der Waals surface area (Å²) >= 11 is 3.43. The number of rotatable bonds is 7. The van der Waals surface area contributed by atoms with Crippen LogP contribution in [-0.4, -0.2) is 13.2 Å². The molecule has 2 aromatic rings. The molecule has 0 fully saturated rings. The standard InChI is InChI=1S/C17H20BrNO2/c1-2-11-20-15-5-3-4-6-16(15)21-17(12-19)13-7-9-14(18)10-8-13/h3-10,17H,2,11-12,19H2,1H3. The minimum atomic E-state index is -0.190. The van der Waals surface area contributed by atoms with Crippen LogP contribution in [0.25, 0.3) is 0 Å². The third-order valence-electron chi connectivity index (χ3n) is 3.04. The fourth-order valence-corrected chi connectivity index (χ4v) is 2.23. The van der Waals surface area contributed by atoms with Gasteiger partial charge in [0, 0.05) is 11.0 Å². The van der Waals surface area contributed by atoms with E-state index in [1.807, 2.05) is 48.5 Å². The predicted molar refractivity (Wildman–Crippen MR) is 88.8 cm³/mol. The van der Waals surface area contributed by atoms with Crippen molar-refractivity contribution in [3.63, 3.8) is 0 Å². The molecule has 2 aromatic carbocycles. The van der Waals surface area contributed by atoms with Crippen LogP contribution in [0, 0.1) is 0 Å². The lowest BCUT2D eigenvalue weighted by Crippen LogP contribution is -2.18. The molecule has 0 saturated carbocycles. The van der Waals surface area contributed by atoms with E-state index in [9.17, 15) is 0 Å². The molecule has 0 bridgehead atoms. The number of benzene rings is 2. The maximum Gasteiger partial charge on any atom is 0.162 e. The van der Waals surface area contributed by atoms with E-state index in [1.165, 1.54) is 0 Å². The fourth-order valence-electron chi connectivity index (χ4n) is 1.96. The molecule has 0 radical (unpaired) electrons. The SMILES string of the molecule is CCCOc1ccccc1OC(CN)c1ccc(Br)cc1. The molecule has 112 valence electrons. The van der Waals surface area contributed by atoms with E-state index in [2.05, 4.69) is 22.9 Å². The van der Waals surface area contributed by atoms with E-state index in [4.69, 9.17) is 15.2 Å². The second-order valence-corrected chi connectivity index (χ2v) is 5.60. The minimum absolute atomic E-state index is 0.190. The number of halogens is 1. The summed E-state index contributed by atoms with van der Waals surface area (Å²) in [5.41, 5.74) is 6.91. The van der Waals surface area contributed by atoms with Crippen molar-refractivity contribution in [1.82, 2.24) is 0 Å². The maximum absolute atomic E-state index is 6.05. The van der Waals surface area contributed by atoms with Crippen molar-refractivity contribution >= 4 is 15.9 Å². The van der Waals surface area contributed by atoms with Crippen LogP contribution in [0.3, 0.4) is 0 Å². The molecule has 3 nitrogen and oxygen atoms in total. The van der Waals surface area contributed by atoms with Gasteiger partial charge < -0.3 is 15.2 Å². The highest BCUT2D eigenvalue weighted by Gasteiger charge is 2.14. The Morgan fingerprint density at radius 3 is 2.33 bits per heavy atom. The largest absolute Gasteiger partial charge is 0.490 e. The van der Waals surface area contributed by atoms with Crippen LogP contribution in [0.15, 0.2) is 53.0 Å². The lowest BCUT2D eigenvalue weighted by atomic mass is 10.1. The number of hydrogen-bond acceptors (Lipinski definition) is 3. The summed E-state index contributed by atoms with van der Waals surface area (Å²) in [5.74, 6) is 1.49. The molecule has 21 heavy (non-hydrogen) atoms. The molecule has 0 saturated heterocycles. The van der Waals surface area contributed by atoms with Crippen LogP contribution < -0.4 is 15.2 Å². The quantitative estimate of drug-likeness (QED) is 0.809. The molecule has 0 aliphatic rings. The van der Waals surface area contributed by atoms with E-state index in [-0.39, 0.29) is 6.10 Å². The zero-order valence-electron chi connectivity index (χ0n) is 12.1. The molecule has 1 unspecified atom stereocenters.